The summed E-state index contributed by atoms with van der Waals surface area (Å²) in [7, 11) is 0. The number of hydrogen-bond acceptors (Lipinski definition) is 3. The van der Waals surface area contributed by atoms with E-state index in [1.54, 1.807) is 12.3 Å². The molecule has 3 rings (SSSR count). The Morgan fingerprint density at radius 3 is 2.57 bits per heavy atom. The van der Waals surface area contributed by atoms with Crippen LogP contribution in [-0.4, -0.2) is 20.5 Å². The maximum absolute atomic E-state index is 11.4. The van der Waals surface area contributed by atoms with E-state index in [1.165, 1.54) is 6.92 Å². The average molecular weight is 277 g/mol. The molecular weight excluding hydrogens is 262 g/mol. The van der Waals surface area contributed by atoms with Crippen molar-refractivity contribution in [1.82, 2.24) is 14.8 Å². The van der Waals surface area contributed by atoms with Gasteiger partial charge >= 0.3 is 0 Å². The highest BCUT2D eigenvalue weighted by Gasteiger charge is 2.10. The lowest BCUT2D eigenvalue weighted by atomic mass is 10.1. The van der Waals surface area contributed by atoms with E-state index in [0.717, 1.165) is 22.6 Å². The summed E-state index contributed by atoms with van der Waals surface area (Å²) in [6.45, 7) is 3.52. The van der Waals surface area contributed by atoms with Crippen LogP contribution in [0.2, 0.25) is 0 Å². The molecule has 3 aromatic rings. The minimum atomic E-state index is -0.0453. The standard InChI is InChI=1S/C17H15N3O/c1-12-10-17(14-8-9-18-16(11-14)13(2)21)19-20(12)15-6-4-3-5-7-15/h3-11H,1-2H3. The van der Waals surface area contributed by atoms with Gasteiger partial charge in [0, 0.05) is 24.4 Å². The highest BCUT2D eigenvalue weighted by Crippen LogP contribution is 2.21. The van der Waals surface area contributed by atoms with E-state index in [4.69, 9.17) is 0 Å². The maximum Gasteiger partial charge on any atom is 0.178 e. The van der Waals surface area contributed by atoms with Gasteiger partial charge in [0.25, 0.3) is 0 Å². The monoisotopic (exact) mass is 277 g/mol. The molecule has 0 radical (unpaired) electrons. The van der Waals surface area contributed by atoms with Crippen LogP contribution >= 0.6 is 0 Å². The lowest BCUT2D eigenvalue weighted by molar-refractivity contribution is 0.101. The van der Waals surface area contributed by atoms with Gasteiger partial charge < -0.3 is 0 Å². The molecule has 0 unspecified atom stereocenters. The molecule has 0 fully saturated rings. The molecule has 2 heterocycles. The highest BCUT2D eigenvalue weighted by atomic mass is 16.1. The third-order valence-corrected chi connectivity index (χ3v) is 3.30. The number of carbonyl (C=O) groups excluding carboxylic acids is 1. The van der Waals surface area contributed by atoms with Crippen LogP contribution in [0.4, 0.5) is 0 Å². The Kier molecular flexibility index (Phi) is 3.36. The average Bonchev–Trinajstić information content (AvgIpc) is 2.90. The van der Waals surface area contributed by atoms with E-state index >= 15 is 0 Å². The van der Waals surface area contributed by atoms with Crippen LogP contribution in [0.15, 0.2) is 54.7 Å². The zero-order chi connectivity index (χ0) is 14.8. The molecule has 0 N–H and O–H groups in total. The first-order chi connectivity index (χ1) is 10.1. The fraction of sp³-hybridized carbons (Fsp3) is 0.118. The predicted molar refractivity (Wildman–Crippen MR) is 81.5 cm³/mol. The molecule has 0 saturated carbocycles. The van der Waals surface area contributed by atoms with Crippen LogP contribution in [0.3, 0.4) is 0 Å². The molecule has 0 aliphatic heterocycles. The van der Waals surface area contributed by atoms with Gasteiger partial charge in [0.05, 0.1) is 11.4 Å². The summed E-state index contributed by atoms with van der Waals surface area (Å²) in [5, 5.41) is 4.63. The van der Waals surface area contributed by atoms with Crippen molar-refractivity contribution in [2.45, 2.75) is 13.8 Å². The van der Waals surface area contributed by atoms with Crippen molar-refractivity contribution in [3.8, 4) is 16.9 Å². The van der Waals surface area contributed by atoms with Gasteiger partial charge in [-0.1, -0.05) is 18.2 Å². The van der Waals surface area contributed by atoms with Crippen LogP contribution in [0, 0.1) is 6.92 Å². The van der Waals surface area contributed by atoms with Gasteiger partial charge in [-0.2, -0.15) is 5.10 Å². The van der Waals surface area contributed by atoms with Crippen molar-refractivity contribution in [3.63, 3.8) is 0 Å². The van der Waals surface area contributed by atoms with E-state index < -0.39 is 0 Å². The molecule has 0 amide bonds. The number of ketones is 1. The van der Waals surface area contributed by atoms with Crippen molar-refractivity contribution >= 4 is 5.78 Å². The van der Waals surface area contributed by atoms with E-state index in [9.17, 15) is 4.79 Å². The molecule has 21 heavy (non-hydrogen) atoms. The molecule has 0 aliphatic rings. The Hall–Kier alpha value is -2.75. The van der Waals surface area contributed by atoms with E-state index in [1.807, 2.05) is 54.1 Å². The number of pyridine rings is 1. The number of rotatable bonds is 3. The second-order valence-electron chi connectivity index (χ2n) is 4.90. The molecule has 0 spiro atoms. The van der Waals surface area contributed by atoms with Gasteiger partial charge in [0.15, 0.2) is 5.78 Å². The van der Waals surface area contributed by atoms with Crippen LogP contribution in [0.1, 0.15) is 23.1 Å². The Bertz CT molecular complexity index is 791. The maximum atomic E-state index is 11.4. The smallest absolute Gasteiger partial charge is 0.178 e. The van der Waals surface area contributed by atoms with Crippen LogP contribution in [0.5, 0.6) is 0 Å². The molecule has 0 saturated heterocycles. The van der Waals surface area contributed by atoms with E-state index in [0.29, 0.717) is 5.69 Å². The Morgan fingerprint density at radius 2 is 1.86 bits per heavy atom. The van der Waals surface area contributed by atoms with Gasteiger partial charge in [-0.05, 0) is 37.3 Å². The van der Waals surface area contributed by atoms with Crippen molar-refractivity contribution in [1.29, 1.82) is 0 Å². The van der Waals surface area contributed by atoms with Crippen molar-refractivity contribution < 1.29 is 4.79 Å². The largest absolute Gasteiger partial charge is 0.293 e. The number of para-hydroxylation sites is 1. The lowest BCUT2D eigenvalue weighted by Crippen LogP contribution is -1.99. The highest BCUT2D eigenvalue weighted by molar-refractivity contribution is 5.93. The quantitative estimate of drug-likeness (QED) is 0.689. The predicted octanol–water partition coefficient (Wildman–Crippen LogP) is 3.45. The first-order valence-corrected chi connectivity index (χ1v) is 6.74. The number of aromatic nitrogens is 3. The molecule has 4 heteroatoms. The molecule has 2 aromatic heterocycles. The summed E-state index contributed by atoms with van der Waals surface area (Å²) >= 11 is 0. The van der Waals surface area contributed by atoms with Crippen LogP contribution in [0.25, 0.3) is 16.9 Å². The van der Waals surface area contributed by atoms with Crippen LogP contribution < -0.4 is 0 Å². The number of benzene rings is 1. The number of nitrogens with zero attached hydrogens (tertiary/aromatic N) is 3. The lowest BCUT2D eigenvalue weighted by Gasteiger charge is -2.03. The van der Waals surface area contributed by atoms with Crippen LogP contribution in [-0.2, 0) is 0 Å². The van der Waals surface area contributed by atoms with Crippen molar-refractivity contribution in [2.24, 2.45) is 0 Å². The summed E-state index contributed by atoms with van der Waals surface area (Å²) in [6.07, 6.45) is 1.64. The molecule has 0 bridgehead atoms. The fourth-order valence-corrected chi connectivity index (χ4v) is 2.23. The Labute approximate surface area is 123 Å². The van der Waals surface area contributed by atoms with Gasteiger partial charge in [-0.15, -0.1) is 0 Å². The van der Waals surface area contributed by atoms with E-state index in [2.05, 4.69) is 10.1 Å². The first kappa shape index (κ1) is 13.2. The minimum Gasteiger partial charge on any atom is -0.293 e. The molecule has 0 aliphatic carbocycles. The van der Waals surface area contributed by atoms with Crippen molar-refractivity contribution in [2.75, 3.05) is 0 Å². The molecule has 0 atom stereocenters. The third-order valence-electron chi connectivity index (χ3n) is 3.30. The molecule has 104 valence electrons. The Balaban J connectivity index is 2.05. The second-order valence-corrected chi connectivity index (χ2v) is 4.90. The molecular formula is C17H15N3O. The number of aryl methyl sites for hydroxylation is 1. The Morgan fingerprint density at radius 1 is 1.10 bits per heavy atom. The summed E-state index contributed by atoms with van der Waals surface area (Å²) in [4.78, 5) is 15.5. The summed E-state index contributed by atoms with van der Waals surface area (Å²) in [6, 6.07) is 15.6. The topological polar surface area (TPSA) is 47.8 Å². The third kappa shape index (κ3) is 2.60. The number of carbonyl (C=O) groups is 1. The first-order valence-electron chi connectivity index (χ1n) is 6.74. The zero-order valence-corrected chi connectivity index (χ0v) is 11.9. The van der Waals surface area contributed by atoms with E-state index in [-0.39, 0.29) is 5.78 Å². The number of hydrogen-bond donors (Lipinski definition) is 0. The van der Waals surface area contributed by atoms with Gasteiger partial charge in [0.1, 0.15) is 5.69 Å². The van der Waals surface area contributed by atoms with Crippen molar-refractivity contribution in [3.05, 3.63) is 66.1 Å². The van der Waals surface area contributed by atoms with Gasteiger partial charge in [-0.3, -0.25) is 9.78 Å². The molecule has 1 aromatic carbocycles. The fourth-order valence-electron chi connectivity index (χ4n) is 2.23. The second kappa shape index (κ2) is 5.32. The van der Waals surface area contributed by atoms with Gasteiger partial charge in [-0.25, -0.2) is 4.68 Å². The zero-order valence-electron chi connectivity index (χ0n) is 11.9. The summed E-state index contributed by atoms with van der Waals surface area (Å²) in [5.41, 5.74) is 4.24. The SMILES string of the molecule is CC(=O)c1cc(-c2cc(C)n(-c3ccccc3)n2)ccn1. The van der Waals surface area contributed by atoms with Gasteiger partial charge in [0.2, 0.25) is 0 Å². The normalized spacial score (nSPS) is 10.6. The number of Topliss-reactive ketones (excluding diaryl/α,β-unsaturated/α-hetero) is 1. The summed E-state index contributed by atoms with van der Waals surface area (Å²) in [5.74, 6) is -0.0453. The summed E-state index contributed by atoms with van der Waals surface area (Å²) < 4.78 is 1.89. The molecule has 4 nitrogen and oxygen atoms in total. The minimum absolute atomic E-state index is 0.0453.